The average Bonchev–Trinajstić information content (AvgIpc) is 2.88. The Bertz CT molecular complexity index is 364. The van der Waals surface area contributed by atoms with Crippen LogP contribution in [0.5, 0.6) is 0 Å². The molecule has 2 saturated heterocycles. The minimum Gasteiger partial charge on any atom is -0.330 e. The first-order chi connectivity index (χ1) is 8.57. The number of piperidine rings is 1. The van der Waals surface area contributed by atoms with E-state index in [1.54, 1.807) is 8.61 Å². The normalized spacial score (nSPS) is 28.9. The molecule has 6 heteroatoms. The van der Waals surface area contributed by atoms with Gasteiger partial charge >= 0.3 is 0 Å². The minimum atomic E-state index is -3.21. The lowest BCUT2D eigenvalue weighted by atomic mass is 9.99. The van der Waals surface area contributed by atoms with Gasteiger partial charge in [-0.25, -0.2) is 0 Å². The summed E-state index contributed by atoms with van der Waals surface area (Å²) >= 11 is 0. The third-order valence-electron chi connectivity index (χ3n) is 4.39. The number of nitrogens with two attached hydrogens (primary N) is 1. The van der Waals surface area contributed by atoms with E-state index < -0.39 is 10.2 Å². The summed E-state index contributed by atoms with van der Waals surface area (Å²) in [5, 5.41) is 0. The first-order valence-corrected chi connectivity index (χ1v) is 8.43. The molecule has 0 amide bonds. The molecule has 0 aromatic rings. The molecule has 0 aliphatic carbocycles. The van der Waals surface area contributed by atoms with Crippen LogP contribution in [0.3, 0.4) is 0 Å². The van der Waals surface area contributed by atoms with Crippen LogP contribution in [0, 0.1) is 11.8 Å². The maximum Gasteiger partial charge on any atom is 0.281 e. The molecule has 1 atom stereocenters. The fourth-order valence-electron chi connectivity index (χ4n) is 2.88. The first-order valence-electron chi connectivity index (χ1n) is 7.03. The summed E-state index contributed by atoms with van der Waals surface area (Å²) in [4.78, 5) is 0. The van der Waals surface area contributed by atoms with E-state index in [0.717, 1.165) is 25.7 Å². The highest BCUT2D eigenvalue weighted by atomic mass is 32.2. The zero-order valence-corrected chi connectivity index (χ0v) is 12.0. The van der Waals surface area contributed by atoms with E-state index in [1.807, 2.05) is 0 Å². The number of hydrogen-bond acceptors (Lipinski definition) is 3. The van der Waals surface area contributed by atoms with Gasteiger partial charge < -0.3 is 5.73 Å². The predicted octanol–water partition coefficient (Wildman–Crippen LogP) is 0.634. The van der Waals surface area contributed by atoms with Crippen LogP contribution in [0.2, 0.25) is 0 Å². The number of nitrogens with zero attached hydrogens (tertiary/aromatic N) is 2. The summed E-state index contributed by atoms with van der Waals surface area (Å²) in [5.74, 6) is 1.04. The van der Waals surface area contributed by atoms with Crippen LogP contribution < -0.4 is 5.73 Å². The third kappa shape index (κ3) is 2.87. The summed E-state index contributed by atoms with van der Waals surface area (Å²) in [6.45, 7) is 5.48. The van der Waals surface area contributed by atoms with Gasteiger partial charge in [0.05, 0.1) is 0 Å². The molecule has 106 valence electrons. The highest BCUT2D eigenvalue weighted by Gasteiger charge is 2.36. The molecule has 2 heterocycles. The van der Waals surface area contributed by atoms with Crippen molar-refractivity contribution in [3.63, 3.8) is 0 Å². The molecule has 2 aliphatic heterocycles. The largest absolute Gasteiger partial charge is 0.330 e. The Balaban J connectivity index is 1.95. The zero-order valence-electron chi connectivity index (χ0n) is 11.2. The summed E-state index contributed by atoms with van der Waals surface area (Å²) in [5.41, 5.74) is 5.64. The predicted molar refractivity (Wildman–Crippen MR) is 72.2 cm³/mol. The SMILES string of the molecule is CCC1CCN(S(=O)(=O)N2CCC(CN)CC2)C1. The molecule has 0 spiro atoms. The average molecular weight is 275 g/mol. The second-order valence-electron chi connectivity index (χ2n) is 5.51. The van der Waals surface area contributed by atoms with Crippen LogP contribution >= 0.6 is 0 Å². The van der Waals surface area contributed by atoms with E-state index in [0.29, 0.717) is 44.6 Å². The molecule has 0 radical (unpaired) electrons. The van der Waals surface area contributed by atoms with E-state index in [-0.39, 0.29) is 0 Å². The van der Waals surface area contributed by atoms with Gasteiger partial charge in [0.1, 0.15) is 0 Å². The van der Waals surface area contributed by atoms with Crippen molar-refractivity contribution in [2.75, 3.05) is 32.7 Å². The van der Waals surface area contributed by atoms with Gasteiger partial charge in [-0.3, -0.25) is 0 Å². The topological polar surface area (TPSA) is 66.6 Å². The molecule has 2 N–H and O–H groups in total. The lowest BCUT2D eigenvalue weighted by Gasteiger charge is -2.33. The van der Waals surface area contributed by atoms with E-state index in [1.165, 1.54) is 0 Å². The maximum atomic E-state index is 12.5. The Labute approximate surface area is 110 Å². The van der Waals surface area contributed by atoms with Crippen molar-refractivity contribution in [3.8, 4) is 0 Å². The molecule has 0 aromatic carbocycles. The van der Waals surface area contributed by atoms with Crippen molar-refractivity contribution < 1.29 is 8.42 Å². The molecule has 1 unspecified atom stereocenters. The molecule has 2 rings (SSSR count). The summed E-state index contributed by atoms with van der Waals surface area (Å²) in [7, 11) is -3.21. The Morgan fingerprint density at radius 3 is 2.11 bits per heavy atom. The van der Waals surface area contributed by atoms with Crippen LogP contribution in [-0.2, 0) is 10.2 Å². The standard InChI is InChI=1S/C12H25N3O2S/c1-2-11-3-8-15(10-11)18(16,17)14-6-4-12(9-13)5-7-14/h11-12H,2-10,13H2,1H3. The number of hydrogen-bond donors (Lipinski definition) is 1. The first kappa shape index (κ1) is 14.2. The molecular formula is C12H25N3O2S. The van der Waals surface area contributed by atoms with E-state index in [2.05, 4.69) is 6.92 Å². The second-order valence-corrected chi connectivity index (χ2v) is 7.44. The van der Waals surface area contributed by atoms with Gasteiger partial charge in [-0.1, -0.05) is 13.3 Å². The van der Waals surface area contributed by atoms with Crippen LogP contribution in [0.4, 0.5) is 0 Å². The highest BCUT2D eigenvalue weighted by Crippen LogP contribution is 2.26. The molecule has 2 fully saturated rings. The lowest BCUT2D eigenvalue weighted by molar-refractivity contribution is 0.262. The van der Waals surface area contributed by atoms with Gasteiger partial charge in [0, 0.05) is 26.2 Å². The van der Waals surface area contributed by atoms with E-state index >= 15 is 0 Å². The van der Waals surface area contributed by atoms with Crippen LogP contribution in [-0.4, -0.2) is 49.8 Å². The Morgan fingerprint density at radius 2 is 1.61 bits per heavy atom. The van der Waals surface area contributed by atoms with E-state index in [4.69, 9.17) is 5.73 Å². The van der Waals surface area contributed by atoms with Crippen molar-refractivity contribution in [2.45, 2.75) is 32.6 Å². The fraction of sp³-hybridized carbons (Fsp3) is 1.00. The highest BCUT2D eigenvalue weighted by molar-refractivity contribution is 7.86. The van der Waals surface area contributed by atoms with Crippen molar-refractivity contribution in [2.24, 2.45) is 17.6 Å². The van der Waals surface area contributed by atoms with Gasteiger partial charge in [0.2, 0.25) is 0 Å². The summed E-state index contributed by atoms with van der Waals surface area (Å²) in [6.07, 6.45) is 3.89. The second kappa shape index (κ2) is 5.86. The number of rotatable bonds is 4. The van der Waals surface area contributed by atoms with Gasteiger partial charge in [-0.15, -0.1) is 0 Å². The molecule has 0 aromatic heterocycles. The van der Waals surface area contributed by atoms with E-state index in [9.17, 15) is 8.42 Å². The van der Waals surface area contributed by atoms with Crippen molar-refractivity contribution in [1.82, 2.24) is 8.61 Å². The molecule has 18 heavy (non-hydrogen) atoms. The quantitative estimate of drug-likeness (QED) is 0.818. The zero-order chi connectivity index (χ0) is 13.2. The Morgan fingerprint density at radius 1 is 1.06 bits per heavy atom. The Kier molecular flexibility index (Phi) is 4.64. The fourth-order valence-corrected chi connectivity index (χ4v) is 4.61. The third-order valence-corrected chi connectivity index (χ3v) is 6.39. The Hall–Kier alpha value is -0.170. The summed E-state index contributed by atoms with van der Waals surface area (Å²) in [6, 6.07) is 0. The molecule has 0 bridgehead atoms. The van der Waals surface area contributed by atoms with Crippen LogP contribution in [0.15, 0.2) is 0 Å². The molecular weight excluding hydrogens is 250 g/mol. The monoisotopic (exact) mass is 275 g/mol. The smallest absolute Gasteiger partial charge is 0.281 e. The molecule has 5 nitrogen and oxygen atoms in total. The summed E-state index contributed by atoms with van der Waals surface area (Å²) < 4.78 is 28.3. The molecule has 2 aliphatic rings. The van der Waals surface area contributed by atoms with Gasteiger partial charge in [0.15, 0.2) is 0 Å². The van der Waals surface area contributed by atoms with Gasteiger partial charge in [0.25, 0.3) is 10.2 Å². The van der Waals surface area contributed by atoms with Gasteiger partial charge in [-0.05, 0) is 37.6 Å². The van der Waals surface area contributed by atoms with Crippen molar-refractivity contribution >= 4 is 10.2 Å². The molecule has 0 saturated carbocycles. The van der Waals surface area contributed by atoms with Crippen LogP contribution in [0.1, 0.15) is 32.6 Å². The lowest BCUT2D eigenvalue weighted by Crippen LogP contribution is -2.47. The van der Waals surface area contributed by atoms with Crippen molar-refractivity contribution in [1.29, 1.82) is 0 Å². The van der Waals surface area contributed by atoms with Gasteiger partial charge in [-0.2, -0.15) is 17.0 Å². The van der Waals surface area contributed by atoms with Crippen molar-refractivity contribution in [3.05, 3.63) is 0 Å². The minimum absolute atomic E-state index is 0.499. The maximum absolute atomic E-state index is 12.5. The van der Waals surface area contributed by atoms with Crippen LogP contribution in [0.25, 0.3) is 0 Å².